The maximum atomic E-state index is 13.8. The average Bonchev–Trinajstić information content (AvgIpc) is 2.37. The lowest BCUT2D eigenvalue weighted by atomic mass is 10.1. The Labute approximate surface area is 123 Å². The van der Waals surface area contributed by atoms with E-state index in [9.17, 15) is 12.8 Å². The van der Waals surface area contributed by atoms with Crippen molar-refractivity contribution in [3.63, 3.8) is 0 Å². The molecule has 1 atom stereocenters. The molecule has 2 aromatic rings. The number of hydrogen-bond acceptors (Lipinski definition) is 4. The third-order valence-corrected chi connectivity index (χ3v) is 4.04. The normalized spacial score (nSPS) is 13.0. The van der Waals surface area contributed by atoms with E-state index in [4.69, 9.17) is 10.5 Å². The number of nitrogens with two attached hydrogens (primary N) is 1. The van der Waals surface area contributed by atoms with Crippen LogP contribution in [-0.2, 0) is 9.84 Å². The summed E-state index contributed by atoms with van der Waals surface area (Å²) in [7, 11) is -3.33. The second-order valence-electron chi connectivity index (χ2n) is 4.79. The second kappa shape index (κ2) is 5.83. The molecule has 4 nitrogen and oxygen atoms in total. The number of halogens is 1. The minimum Gasteiger partial charge on any atom is -0.457 e. The van der Waals surface area contributed by atoms with Gasteiger partial charge in [-0.1, -0.05) is 12.1 Å². The fraction of sp³-hybridized carbons (Fsp3) is 0.200. The van der Waals surface area contributed by atoms with Gasteiger partial charge >= 0.3 is 0 Å². The molecule has 0 saturated carbocycles. The fourth-order valence-corrected chi connectivity index (χ4v) is 2.60. The summed E-state index contributed by atoms with van der Waals surface area (Å²) in [5, 5.41) is 0. The molecule has 0 saturated heterocycles. The van der Waals surface area contributed by atoms with E-state index < -0.39 is 21.7 Å². The van der Waals surface area contributed by atoms with Crippen molar-refractivity contribution in [2.75, 3.05) is 6.26 Å². The van der Waals surface area contributed by atoms with E-state index in [0.29, 0.717) is 5.75 Å². The summed E-state index contributed by atoms with van der Waals surface area (Å²) in [6, 6.07) is 9.90. The highest BCUT2D eigenvalue weighted by molar-refractivity contribution is 7.90. The molecule has 0 aromatic heterocycles. The van der Waals surface area contributed by atoms with Crippen LogP contribution in [0.2, 0.25) is 0 Å². The highest BCUT2D eigenvalue weighted by Gasteiger charge is 2.15. The lowest BCUT2D eigenvalue weighted by Gasteiger charge is -2.14. The van der Waals surface area contributed by atoms with E-state index in [1.807, 2.05) is 0 Å². The van der Waals surface area contributed by atoms with Gasteiger partial charge in [0.15, 0.2) is 9.84 Å². The Morgan fingerprint density at radius 3 is 2.48 bits per heavy atom. The van der Waals surface area contributed by atoms with Crippen LogP contribution >= 0.6 is 0 Å². The first kappa shape index (κ1) is 15.5. The van der Waals surface area contributed by atoms with Crippen LogP contribution in [0.25, 0.3) is 0 Å². The van der Waals surface area contributed by atoms with Gasteiger partial charge in [0, 0.05) is 17.9 Å². The lowest BCUT2D eigenvalue weighted by molar-refractivity contribution is 0.459. The first-order valence-electron chi connectivity index (χ1n) is 6.31. The molecule has 21 heavy (non-hydrogen) atoms. The third-order valence-electron chi connectivity index (χ3n) is 2.93. The lowest BCUT2D eigenvalue weighted by Crippen LogP contribution is -2.09. The maximum absolute atomic E-state index is 13.8. The molecule has 2 N–H and O–H groups in total. The summed E-state index contributed by atoms with van der Waals surface area (Å²) < 4.78 is 42.5. The molecule has 1 unspecified atom stereocenters. The Balaban J connectivity index is 2.42. The number of ether oxygens (including phenoxy) is 1. The Hall–Kier alpha value is -1.92. The van der Waals surface area contributed by atoms with Crippen molar-refractivity contribution in [3.05, 3.63) is 53.8 Å². The molecule has 0 bridgehead atoms. The first-order valence-corrected chi connectivity index (χ1v) is 8.20. The van der Waals surface area contributed by atoms with Gasteiger partial charge in [-0.15, -0.1) is 0 Å². The SMILES string of the molecule is CC(N)c1c(F)cccc1Oc1cccc(S(C)(=O)=O)c1. The van der Waals surface area contributed by atoms with Crippen molar-refractivity contribution in [3.8, 4) is 11.5 Å². The van der Waals surface area contributed by atoms with Crippen LogP contribution in [-0.4, -0.2) is 14.7 Å². The van der Waals surface area contributed by atoms with E-state index in [0.717, 1.165) is 6.26 Å². The van der Waals surface area contributed by atoms with Gasteiger partial charge in [-0.05, 0) is 37.3 Å². The largest absolute Gasteiger partial charge is 0.457 e. The van der Waals surface area contributed by atoms with Crippen molar-refractivity contribution in [2.45, 2.75) is 17.9 Å². The van der Waals surface area contributed by atoms with Gasteiger partial charge in [0.25, 0.3) is 0 Å². The summed E-state index contributed by atoms with van der Waals surface area (Å²) >= 11 is 0. The number of benzene rings is 2. The Morgan fingerprint density at radius 2 is 1.86 bits per heavy atom. The van der Waals surface area contributed by atoms with Crippen LogP contribution < -0.4 is 10.5 Å². The van der Waals surface area contributed by atoms with E-state index in [1.165, 1.54) is 24.3 Å². The van der Waals surface area contributed by atoms with Crippen LogP contribution in [0.1, 0.15) is 18.5 Å². The number of rotatable bonds is 4. The molecular weight excluding hydrogens is 293 g/mol. The summed E-state index contributed by atoms with van der Waals surface area (Å²) in [6.45, 7) is 1.65. The quantitative estimate of drug-likeness (QED) is 0.942. The molecule has 0 amide bonds. The zero-order chi connectivity index (χ0) is 15.6. The summed E-state index contributed by atoms with van der Waals surface area (Å²) in [6.07, 6.45) is 1.11. The van der Waals surface area contributed by atoms with Crippen LogP contribution in [0.4, 0.5) is 4.39 Å². The average molecular weight is 309 g/mol. The minimum atomic E-state index is -3.33. The molecule has 2 rings (SSSR count). The number of sulfone groups is 1. The van der Waals surface area contributed by atoms with Gasteiger partial charge in [-0.3, -0.25) is 0 Å². The molecule has 0 fully saturated rings. The molecule has 6 heteroatoms. The number of hydrogen-bond donors (Lipinski definition) is 1. The summed E-state index contributed by atoms with van der Waals surface area (Å²) in [5.74, 6) is 0.128. The van der Waals surface area contributed by atoms with E-state index in [2.05, 4.69) is 0 Å². The Morgan fingerprint density at radius 1 is 1.19 bits per heavy atom. The zero-order valence-electron chi connectivity index (χ0n) is 11.7. The molecule has 0 radical (unpaired) electrons. The molecule has 2 aromatic carbocycles. The summed E-state index contributed by atoms with van der Waals surface area (Å²) in [5.41, 5.74) is 6.00. The minimum absolute atomic E-state index is 0.138. The van der Waals surface area contributed by atoms with Crippen LogP contribution in [0.3, 0.4) is 0 Å². The van der Waals surface area contributed by atoms with Crippen molar-refractivity contribution in [2.24, 2.45) is 5.73 Å². The van der Waals surface area contributed by atoms with Crippen LogP contribution in [0.5, 0.6) is 11.5 Å². The molecule has 0 aliphatic heterocycles. The molecule has 0 spiro atoms. The van der Waals surface area contributed by atoms with Gasteiger partial charge < -0.3 is 10.5 Å². The topological polar surface area (TPSA) is 69.4 Å². The fourth-order valence-electron chi connectivity index (χ4n) is 1.94. The van der Waals surface area contributed by atoms with Crippen molar-refractivity contribution in [1.82, 2.24) is 0 Å². The van der Waals surface area contributed by atoms with Gasteiger partial charge in [0.1, 0.15) is 17.3 Å². The van der Waals surface area contributed by atoms with Crippen LogP contribution in [0.15, 0.2) is 47.4 Å². The molecule has 112 valence electrons. The first-order chi connectivity index (χ1) is 9.79. The second-order valence-corrected chi connectivity index (χ2v) is 6.81. The predicted octanol–water partition coefficient (Wildman–Crippen LogP) is 3.04. The maximum Gasteiger partial charge on any atom is 0.175 e. The van der Waals surface area contributed by atoms with Gasteiger partial charge in [-0.2, -0.15) is 0 Å². The third kappa shape index (κ3) is 3.59. The standard InChI is InChI=1S/C15H16FNO3S/c1-10(17)15-13(16)7-4-8-14(15)20-11-5-3-6-12(9-11)21(2,18)19/h3-10H,17H2,1-2H3. The Kier molecular flexibility index (Phi) is 4.29. The highest BCUT2D eigenvalue weighted by atomic mass is 32.2. The van der Waals surface area contributed by atoms with Crippen molar-refractivity contribution >= 4 is 9.84 Å². The van der Waals surface area contributed by atoms with Gasteiger partial charge in [0.2, 0.25) is 0 Å². The molecule has 0 aliphatic rings. The smallest absolute Gasteiger partial charge is 0.175 e. The molecule has 0 aliphatic carbocycles. The highest BCUT2D eigenvalue weighted by Crippen LogP contribution is 2.31. The predicted molar refractivity (Wildman–Crippen MR) is 78.6 cm³/mol. The van der Waals surface area contributed by atoms with Gasteiger partial charge in [0.05, 0.1) is 4.90 Å². The zero-order valence-corrected chi connectivity index (χ0v) is 12.5. The van der Waals surface area contributed by atoms with Crippen LogP contribution in [0, 0.1) is 5.82 Å². The Bertz CT molecular complexity index is 757. The van der Waals surface area contributed by atoms with Crippen molar-refractivity contribution in [1.29, 1.82) is 0 Å². The van der Waals surface area contributed by atoms with E-state index in [1.54, 1.807) is 25.1 Å². The summed E-state index contributed by atoms with van der Waals surface area (Å²) in [4.78, 5) is 0.138. The molecule has 0 heterocycles. The molecular formula is C15H16FNO3S. The monoisotopic (exact) mass is 309 g/mol. The van der Waals surface area contributed by atoms with Crippen molar-refractivity contribution < 1.29 is 17.5 Å². The van der Waals surface area contributed by atoms with Gasteiger partial charge in [-0.25, -0.2) is 12.8 Å². The van der Waals surface area contributed by atoms with E-state index >= 15 is 0 Å². The van der Waals surface area contributed by atoms with E-state index in [-0.39, 0.29) is 16.2 Å².